The zero-order valence-corrected chi connectivity index (χ0v) is 8.53. The fraction of sp³-hybridized carbons (Fsp3) is 0.364. The topological polar surface area (TPSA) is 49.3 Å². The van der Waals surface area contributed by atoms with Crippen LogP contribution in [0, 0.1) is 5.82 Å². The van der Waals surface area contributed by atoms with Gasteiger partial charge in [0.15, 0.2) is 0 Å². The molecule has 0 spiro atoms. The zero-order chi connectivity index (χ0) is 11.3. The predicted molar refractivity (Wildman–Crippen MR) is 55.2 cm³/mol. The van der Waals surface area contributed by atoms with E-state index in [2.05, 4.69) is 5.32 Å². The van der Waals surface area contributed by atoms with Crippen LogP contribution >= 0.6 is 0 Å². The number of benzene rings is 1. The van der Waals surface area contributed by atoms with Crippen LogP contribution in [-0.4, -0.2) is 24.2 Å². The van der Waals surface area contributed by atoms with E-state index >= 15 is 0 Å². The fourth-order valence-electron chi connectivity index (χ4n) is 1.42. The Balaban J connectivity index is 2.66. The lowest BCUT2D eigenvalue weighted by Crippen LogP contribution is -2.30. The second kappa shape index (κ2) is 5.46. The van der Waals surface area contributed by atoms with Gasteiger partial charge < -0.3 is 10.4 Å². The van der Waals surface area contributed by atoms with Crippen molar-refractivity contribution in [1.29, 1.82) is 0 Å². The molecule has 82 valence electrons. The first-order chi connectivity index (χ1) is 7.13. The lowest BCUT2D eigenvalue weighted by atomic mass is 10.0. The van der Waals surface area contributed by atoms with Crippen LogP contribution in [0.25, 0.3) is 0 Å². The Morgan fingerprint density at radius 1 is 1.53 bits per heavy atom. The smallest absolute Gasteiger partial charge is 0.304 e. The maximum Gasteiger partial charge on any atom is 0.304 e. The van der Waals surface area contributed by atoms with Gasteiger partial charge in [0, 0.05) is 6.04 Å². The lowest BCUT2D eigenvalue weighted by Gasteiger charge is -2.13. The van der Waals surface area contributed by atoms with Gasteiger partial charge in [-0.25, -0.2) is 4.39 Å². The summed E-state index contributed by atoms with van der Waals surface area (Å²) >= 11 is 0. The van der Waals surface area contributed by atoms with E-state index in [0.717, 1.165) is 0 Å². The number of carboxylic acid groups (broad SMARTS) is 1. The van der Waals surface area contributed by atoms with Gasteiger partial charge in [-0.05, 0) is 25.1 Å². The van der Waals surface area contributed by atoms with Gasteiger partial charge in [-0.15, -0.1) is 0 Å². The quantitative estimate of drug-likeness (QED) is 0.774. The van der Waals surface area contributed by atoms with Gasteiger partial charge >= 0.3 is 5.97 Å². The molecule has 2 N–H and O–H groups in total. The van der Waals surface area contributed by atoms with Crippen molar-refractivity contribution in [2.24, 2.45) is 0 Å². The maximum atomic E-state index is 13.2. The number of aliphatic carboxylic acids is 1. The number of carboxylic acids is 1. The summed E-state index contributed by atoms with van der Waals surface area (Å²) < 4.78 is 13.2. The molecule has 1 aromatic rings. The van der Waals surface area contributed by atoms with E-state index in [0.29, 0.717) is 12.0 Å². The average Bonchev–Trinajstić information content (AvgIpc) is 2.19. The highest BCUT2D eigenvalue weighted by molar-refractivity contribution is 5.67. The minimum absolute atomic E-state index is 0.00909. The van der Waals surface area contributed by atoms with Crippen LogP contribution in [0.3, 0.4) is 0 Å². The van der Waals surface area contributed by atoms with E-state index in [1.54, 1.807) is 25.2 Å². The number of hydrogen-bond donors (Lipinski definition) is 2. The second-order valence-corrected chi connectivity index (χ2v) is 3.38. The molecule has 0 aromatic heterocycles. The van der Waals surface area contributed by atoms with Crippen LogP contribution in [0.1, 0.15) is 12.0 Å². The molecule has 15 heavy (non-hydrogen) atoms. The van der Waals surface area contributed by atoms with Gasteiger partial charge in [0.2, 0.25) is 0 Å². The molecule has 0 saturated heterocycles. The van der Waals surface area contributed by atoms with Gasteiger partial charge in [-0.1, -0.05) is 18.2 Å². The van der Waals surface area contributed by atoms with E-state index in [9.17, 15) is 9.18 Å². The van der Waals surface area contributed by atoms with Gasteiger partial charge in [-0.2, -0.15) is 0 Å². The Kier molecular flexibility index (Phi) is 4.24. The number of carbonyl (C=O) groups is 1. The third-order valence-electron chi connectivity index (χ3n) is 2.25. The molecule has 0 aliphatic heterocycles. The monoisotopic (exact) mass is 211 g/mol. The van der Waals surface area contributed by atoms with Crippen molar-refractivity contribution in [3.8, 4) is 0 Å². The average molecular weight is 211 g/mol. The molecule has 0 aliphatic rings. The number of halogens is 1. The zero-order valence-electron chi connectivity index (χ0n) is 8.53. The van der Waals surface area contributed by atoms with Crippen LogP contribution in [0.4, 0.5) is 4.39 Å². The Morgan fingerprint density at radius 2 is 2.20 bits per heavy atom. The SMILES string of the molecule is CN[C@@H](CC(=O)O)Cc1ccccc1F. The first-order valence-corrected chi connectivity index (χ1v) is 4.76. The summed E-state index contributed by atoms with van der Waals surface area (Å²) in [6.45, 7) is 0. The number of hydrogen-bond acceptors (Lipinski definition) is 2. The molecule has 0 aliphatic carbocycles. The third-order valence-corrected chi connectivity index (χ3v) is 2.25. The van der Waals surface area contributed by atoms with E-state index in [-0.39, 0.29) is 18.3 Å². The van der Waals surface area contributed by atoms with Crippen molar-refractivity contribution >= 4 is 5.97 Å². The van der Waals surface area contributed by atoms with Gasteiger partial charge in [0.1, 0.15) is 5.82 Å². The van der Waals surface area contributed by atoms with E-state index in [1.165, 1.54) is 6.07 Å². The lowest BCUT2D eigenvalue weighted by molar-refractivity contribution is -0.137. The minimum Gasteiger partial charge on any atom is -0.481 e. The van der Waals surface area contributed by atoms with Crippen molar-refractivity contribution in [3.63, 3.8) is 0 Å². The molecule has 0 radical (unpaired) electrons. The van der Waals surface area contributed by atoms with Crippen LogP contribution < -0.4 is 5.32 Å². The molecule has 0 bridgehead atoms. The molecule has 0 fully saturated rings. The Hall–Kier alpha value is -1.42. The molecule has 4 heteroatoms. The van der Waals surface area contributed by atoms with E-state index in [4.69, 9.17) is 5.11 Å². The van der Waals surface area contributed by atoms with Gasteiger partial charge in [-0.3, -0.25) is 4.79 Å². The second-order valence-electron chi connectivity index (χ2n) is 3.38. The van der Waals surface area contributed by atoms with Gasteiger partial charge in [0.05, 0.1) is 6.42 Å². The highest BCUT2D eigenvalue weighted by atomic mass is 19.1. The third kappa shape index (κ3) is 3.67. The van der Waals surface area contributed by atoms with E-state index < -0.39 is 5.97 Å². The molecule has 1 aromatic carbocycles. The first-order valence-electron chi connectivity index (χ1n) is 4.76. The summed E-state index contributed by atoms with van der Waals surface area (Å²) in [7, 11) is 1.68. The van der Waals surface area contributed by atoms with Crippen molar-refractivity contribution in [2.45, 2.75) is 18.9 Å². The van der Waals surface area contributed by atoms with Crippen molar-refractivity contribution in [3.05, 3.63) is 35.6 Å². The normalized spacial score (nSPS) is 12.4. The highest BCUT2D eigenvalue weighted by Crippen LogP contribution is 2.10. The van der Waals surface area contributed by atoms with Crippen LogP contribution in [-0.2, 0) is 11.2 Å². The summed E-state index contributed by atoms with van der Waals surface area (Å²) in [5.41, 5.74) is 0.540. The predicted octanol–water partition coefficient (Wildman–Crippen LogP) is 1.43. The summed E-state index contributed by atoms with van der Waals surface area (Å²) in [5.74, 6) is -1.17. The molecular weight excluding hydrogens is 197 g/mol. The molecule has 3 nitrogen and oxygen atoms in total. The molecule has 1 rings (SSSR count). The number of nitrogens with one attached hydrogen (secondary N) is 1. The maximum absolute atomic E-state index is 13.2. The Labute approximate surface area is 87.9 Å². The standard InChI is InChI=1S/C11H14FNO2/c1-13-9(7-11(14)15)6-8-4-2-3-5-10(8)12/h2-5,9,13H,6-7H2,1H3,(H,14,15)/t9-/m1/s1. The highest BCUT2D eigenvalue weighted by Gasteiger charge is 2.13. The largest absolute Gasteiger partial charge is 0.481 e. The summed E-state index contributed by atoms with van der Waals surface area (Å²) in [6.07, 6.45) is 0.375. The molecular formula is C11H14FNO2. The number of rotatable bonds is 5. The summed E-state index contributed by atoms with van der Waals surface area (Å²) in [4.78, 5) is 10.5. The van der Waals surface area contributed by atoms with E-state index in [1.807, 2.05) is 0 Å². The van der Waals surface area contributed by atoms with Crippen molar-refractivity contribution < 1.29 is 14.3 Å². The minimum atomic E-state index is -0.884. The van der Waals surface area contributed by atoms with Crippen LogP contribution in [0.5, 0.6) is 0 Å². The molecule has 0 heterocycles. The molecule has 1 atom stereocenters. The van der Waals surface area contributed by atoms with Crippen LogP contribution in [0.2, 0.25) is 0 Å². The van der Waals surface area contributed by atoms with Crippen LogP contribution in [0.15, 0.2) is 24.3 Å². The number of likely N-dealkylation sites (N-methyl/N-ethyl adjacent to an activating group) is 1. The molecule has 0 unspecified atom stereocenters. The molecule has 0 amide bonds. The summed E-state index contributed by atoms with van der Waals surface area (Å²) in [5, 5.41) is 11.5. The van der Waals surface area contributed by atoms with Crippen molar-refractivity contribution in [1.82, 2.24) is 5.32 Å². The van der Waals surface area contributed by atoms with Crippen molar-refractivity contribution in [2.75, 3.05) is 7.05 Å². The Morgan fingerprint density at radius 3 is 2.73 bits per heavy atom. The fourth-order valence-corrected chi connectivity index (χ4v) is 1.42. The summed E-state index contributed by atoms with van der Waals surface area (Å²) in [6, 6.07) is 6.17. The molecule has 0 saturated carbocycles. The first kappa shape index (κ1) is 11.7. The Bertz CT molecular complexity index is 341. The van der Waals surface area contributed by atoms with Gasteiger partial charge in [0.25, 0.3) is 0 Å².